The summed E-state index contributed by atoms with van der Waals surface area (Å²) in [6.45, 7) is 9.83. The Bertz CT molecular complexity index is 718. The normalized spacial score (nSPS) is 11.2. The fraction of sp³-hybridized carbons (Fsp3) is 0.647. The van der Waals surface area contributed by atoms with E-state index in [4.69, 9.17) is 0 Å². The van der Waals surface area contributed by atoms with E-state index in [1.54, 1.807) is 20.8 Å². The summed E-state index contributed by atoms with van der Waals surface area (Å²) in [5.74, 6) is -0.553. The molecule has 0 saturated carbocycles. The van der Waals surface area contributed by atoms with Crippen molar-refractivity contribution >= 4 is 11.7 Å². The number of Topliss-reactive ketones (excluding diaryl/α,β-unsaturated/α-hetero) is 1. The van der Waals surface area contributed by atoms with Crippen molar-refractivity contribution in [1.82, 2.24) is 19.8 Å². The van der Waals surface area contributed by atoms with Crippen LogP contribution in [0.25, 0.3) is 0 Å². The predicted octanol–water partition coefficient (Wildman–Crippen LogP) is -0.103. The zero-order valence-corrected chi connectivity index (χ0v) is 15.6. The zero-order chi connectivity index (χ0) is 19.1. The van der Waals surface area contributed by atoms with Crippen molar-refractivity contribution in [3.05, 3.63) is 32.6 Å². The maximum Gasteiger partial charge on any atom is 0.328 e. The van der Waals surface area contributed by atoms with Gasteiger partial charge < -0.3 is 10.2 Å². The summed E-state index contributed by atoms with van der Waals surface area (Å²) in [4.78, 5) is 51.5. The van der Waals surface area contributed by atoms with Gasteiger partial charge in [0.05, 0.1) is 6.54 Å². The number of aryl methyl sites for hydroxylation is 1. The van der Waals surface area contributed by atoms with Crippen LogP contribution in [0.3, 0.4) is 0 Å². The first-order valence-corrected chi connectivity index (χ1v) is 8.46. The first-order chi connectivity index (χ1) is 11.6. The van der Waals surface area contributed by atoms with Crippen molar-refractivity contribution in [3.63, 3.8) is 0 Å². The standard InChI is InChI=1S/C17H28N4O4/c1-11(2)14(22)9-20(7-6-18-12(3)4)15(23)10-21-8-13(5)16(24)19-17(21)25/h8,11-12,18H,6-7,9-10H2,1-5H3,(H,19,24,25). The molecule has 8 heteroatoms. The lowest BCUT2D eigenvalue weighted by Crippen LogP contribution is -2.45. The van der Waals surface area contributed by atoms with E-state index in [9.17, 15) is 19.2 Å². The van der Waals surface area contributed by atoms with Crippen LogP contribution in [0.1, 0.15) is 33.3 Å². The molecule has 0 atom stereocenters. The van der Waals surface area contributed by atoms with E-state index in [0.717, 1.165) is 4.57 Å². The molecule has 1 heterocycles. The van der Waals surface area contributed by atoms with Crippen LogP contribution in [0, 0.1) is 12.8 Å². The van der Waals surface area contributed by atoms with Crippen molar-refractivity contribution in [2.45, 2.75) is 47.2 Å². The average molecular weight is 352 g/mol. The van der Waals surface area contributed by atoms with Crippen LogP contribution in [0.15, 0.2) is 15.8 Å². The van der Waals surface area contributed by atoms with Gasteiger partial charge in [0.15, 0.2) is 5.78 Å². The molecule has 1 aromatic heterocycles. The molecule has 1 rings (SSSR count). The molecule has 2 N–H and O–H groups in total. The molecular weight excluding hydrogens is 324 g/mol. The van der Waals surface area contributed by atoms with Crippen LogP contribution < -0.4 is 16.6 Å². The first kappa shape index (κ1) is 20.8. The van der Waals surface area contributed by atoms with Crippen molar-refractivity contribution in [3.8, 4) is 0 Å². The highest BCUT2D eigenvalue weighted by atomic mass is 16.2. The smallest absolute Gasteiger partial charge is 0.328 e. The minimum Gasteiger partial charge on any atom is -0.333 e. The third-order valence-electron chi connectivity index (χ3n) is 3.77. The topological polar surface area (TPSA) is 104 Å². The summed E-state index contributed by atoms with van der Waals surface area (Å²) in [5, 5.41) is 3.20. The van der Waals surface area contributed by atoms with Gasteiger partial charge in [-0.2, -0.15) is 0 Å². The Morgan fingerprint density at radius 3 is 2.44 bits per heavy atom. The number of nitrogens with zero attached hydrogens (tertiary/aromatic N) is 2. The molecule has 0 spiro atoms. The minimum absolute atomic E-state index is 0.00730. The molecule has 25 heavy (non-hydrogen) atoms. The molecule has 1 aromatic rings. The second-order valence-corrected chi connectivity index (χ2v) is 6.74. The molecule has 0 aliphatic rings. The van der Waals surface area contributed by atoms with E-state index < -0.39 is 11.2 Å². The maximum atomic E-state index is 12.6. The van der Waals surface area contributed by atoms with E-state index >= 15 is 0 Å². The van der Waals surface area contributed by atoms with Gasteiger partial charge in [0.2, 0.25) is 5.91 Å². The van der Waals surface area contributed by atoms with E-state index in [1.807, 2.05) is 13.8 Å². The number of H-pyrrole nitrogens is 1. The Morgan fingerprint density at radius 1 is 1.24 bits per heavy atom. The van der Waals surface area contributed by atoms with Crippen molar-refractivity contribution in [2.75, 3.05) is 19.6 Å². The molecule has 0 unspecified atom stereocenters. The molecule has 0 aromatic carbocycles. The van der Waals surface area contributed by atoms with Gasteiger partial charge >= 0.3 is 5.69 Å². The lowest BCUT2D eigenvalue weighted by molar-refractivity contribution is -0.136. The molecule has 8 nitrogen and oxygen atoms in total. The maximum absolute atomic E-state index is 12.6. The molecule has 0 aliphatic heterocycles. The summed E-state index contributed by atoms with van der Waals surface area (Å²) in [5.41, 5.74) is -0.764. The summed E-state index contributed by atoms with van der Waals surface area (Å²) < 4.78 is 1.15. The molecule has 0 fully saturated rings. The van der Waals surface area contributed by atoms with Crippen molar-refractivity contribution < 1.29 is 9.59 Å². The Kier molecular flexibility index (Phi) is 7.76. The summed E-state index contributed by atoms with van der Waals surface area (Å²) in [6.07, 6.45) is 1.36. The highest BCUT2D eigenvalue weighted by molar-refractivity contribution is 5.87. The average Bonchev–Trinajstić information content (AvgIpc) is 2.50. The highest BCUT2D eigenvalue weighted by Crippen LogP contribution is 2.00. The Labute approximate surface area is 147 Å². The van der Waals surface area contributed by atoms with Gasteiger partial charge in [-0.15, -0.1) is 0 Å². The Hall–Kier alpha value is -2.22. The second-order valence-electron chi connectivity index (χ2n) is 6.74. The second kappa shape index (κ2) is 9.31. The van der Waals surface area contributed by atoms with E-state index in [1.165, 1.54) is 11.1 Å². The van der Waals surface area contributed by atoms with E-state index in [2.05, 4.69) is 10.3 Å². The van der Waals surface area contributed by atoms with Crippen LogP contribution >= 0.6 is 0 Å². The number of aromatic amines is 1. The molecule has 0 radical (unpaired) electrons. The number of carbonyl (C=O) groups is 2. The Balaban J connectivity index is 2.90. The monoisotopic (exact) mass is 352 g/mol. The fourth-order valence-electron chi connectivity index (χ4n) is 2.13. The number of aromatic nitrogens is 2. The minimum atomic E-state index is -0.639. The molecule has 0 bridgehead atoms. The molecule has 0 aliphatic carbocycles. The molecule has 1 amide bonds. The third kappa shape index (κ3) is 6.66. The number of hydrogen-bond donors (Lipinski definition) is 2. The van der Waals surface area contributed by atoms with Gasteiger partial charge in [-0.05, 0) is 6.92 Å². The number of rotatable bonds is 9. The van der Waals surface area contributed by atoms with Gasteiger partial charge in [-0.3, -0.25) is 23.9 Å². The van der Waals surface area contributed by atoms with Crippen LogP contribution in [0.5, 0.6) is 0 Å². The summed E-state index contributed by atoms with van der Waals surface area (Å²) in [6, 6.07) is 0.266. The van der Waals surface area contributed by atoms with Crippen LogP contribution in [0.4, 0.5) is 0 Å². The van der Waals surface area contributed by atoms with Crippen LogP contribution in [-0.4, -0.2) is 51.8 Å². The van der Waals surface area contributed by atoms with Crippen LogP contribution in [-0.2, 0) is 16.1 Å². The molecular formula is C17H28N4O4. The van der Waals surface area contributed by atoms with Gasteiger partial charge in [0, 0.05) is 36.8 Å². The number of nitrogens with one attached hydrogen (secondary N) is 2. The highest BCUT2D eigenvalue weighted by Gasteiger charge is 2.19. The van der Waals surface area contributed by atoms with Gasteiger partial charge in [0.1, 0.15) is 6.54 Å². The van der Waals surface area contributed by atoms with Crippen molar-refractivity contribution in [2.24, 2.45) is 5.92 Å². The molecule has 0 saturated heterocycles. The number of hydrogen-bond acceptors (Lipinski definition) is 5. The fourth-order valence-corrected chi connectivity index (χ4v) is 2.13. The summed E-state index contributed by atoms with van der Waals surface area (Å²) >= 11 is 0. The van der Waals surface area contributed by atoms with Gasteiger partial charge in [0.25, 0.3) is 5.56 Å². The number of ketones is 1. The number of carbonyl (C=O) groups excluding carboxylic acids is 2. The van der Waals surface area contributed by atoms with E-state index in [-0.39, 0.29) is 36.7 Å². The zero-order valence-electron chi connectivity index (χ0n) is 15.6. The third-order valence-corrected chi connectivity index (χ3v) is 3.77. The quantitative estimate of drug-likeness (QED) is 0.646. The lowest BCUT2D eigenvalue weighted by Gasteiger charge is -2.24. The number of amides is 1. The van der Waals surface area contributed by atoms with E-state index in [0.29, 0.717) is 18.7 Å². The lowest BCUT2D eigenvalue weighted by atomic mass is 10.1. The first-order valence-electron chi connectivity index (χ1n) is 8.46. The van der Waals surface area contributed by atoms with Gasteiger partial charge in [-0.25, -0.2) is 4.79 Å². The van der Waals surface area contributed by atoms with Crippen LogP contribution in [0.2, 0.25) is 0 Å². The van der Waals surface area contributed by atoms with Gasteiger partial charge in [-0.1, -0.05) is 27.7 Å². The van der Waals surface area contributed by atoms with Crippen molar-refractivity contribution in [1.29, 1.82) is 0 Å². The molecule has 140 valence electrons. The predicted molar refractivity (Wildman–Crippen MR) is 95.6 cm³/mol. The SMILES string of the molecule is Cc1cn(CC(=O)N(CCNC(C)C)CC(=O)C(C)C)c(=O)[nH]c1=O. The Morgan fingerprint density at radius 2 is 1.88 bits per heavy atom. The summed E-state index contributed by atoms with van der Waals surface area (Å²) in [7, 11) is 0. The largest absolute Gasteiger partial charge is 0.333 e.